The topological polar surface area (TPSA) is 50.3 Å². The normalized spacial score (nSPS) is 21.7. The quantitative estimate of drug-likeness (QED) is 0.646. The minimum Gasteiger partial charge on any atom is -0.294 e. The molecule has 2 aromatic rings. The van der Waals surface area contributed by atoms with Crippen molar-refractivity contribution in [1.82, 2.24) is 4.98 Å². The van der Waals surface area contributed by atoms with Crippen molar-refractivity contribution < 1.29 is 9.59 Å². The van der Waals surface area contributed by atoms with Crippen molar-refractivity contribution in [2.24, 2.45) is 5.41 Å². The highest BCUT2D eigenvalue weighted by Gasteiger charge is 2.44. The maximum Gasteiger partial charge on any atom is 0.232 e. The van der Waals surface area contributed by atoms with E-state index in [9.17, 15) is 9.59 Å². The molecule has 1 aliphatic heterocycles. The summed E-state index contributed by atoms with van der Waals surface area (Å²) in [6.45, 7) is 4.11. The van der Waals surface area contributed by atoms with Crippen LogP contribution in [-0.4, -0.2) is 16.7 Å². The van der Waals surface area contributed by atoms with Gasteiger partial charge >= 0.3 is 0 Å². The zero-order valence-electron chi connectivity index (χ0n) is 15.7. The van der Waals surface area contributed by atoms with Gasteiger partial charge in [0.2, 0.25) is 5.91 Å². The van der Waals surface area contributed by atoms with Gasteiger partial charge in [0, 0.05) is 46.3 Å². The molecule has 6 heteroatoms. The predicted octanol–water partition coefficient (Wildman–Crippen LogP) is 5.55. The molecule has 1 aliphatic carbocycles. The molecule has 1 aromatic heterocycles. The molecule has 2 heterocycles. The highest BCUT2D eigenvalue weighted by molar-refractivity contribution is 6.35. The number of anilines is 1. The standard InChI is InChI=1S/C22H20Cl2N2O2/c1-22(2)10-18-21(19(27)11-22)16(15-6-5-13(23)8-17(15)24)9-20(28)26(18)14-4-3-7-25-12-14/h3-8,12,16H,9-11H2,1-2H3. The van der Waals surface area contributed by atoms with Gasteiger partial charge in [-0.3, -0.25) is 19.5 Å². The number of benzene rings is 1. The molecule has 0 bridgehead atoms. The number of carbonyl (C=O) groups is 2. The molecule has 0 saturated heterocycles. The Morgan fingerprint density at radius 1 is 1.14 bits per heavy atom. The average Bonchev–Trinajstić information content (AvgIpc) is 2.60. The van der Waals surface area contributed by atoms with E-state index in [0.717, 1.165) is 11.3 Å². The Balaban J connectivity index is 1.92. The first-order valence-corrected chi connectivity index (χ1v) is 9.96. The number of hydrogen-bond acceptors (Lipinski definition) is 3. The summed E-state index contributed by atoms with van der Waals surface area (Å²) in [5.41, 5.74) is 2.69. The molecule has 4 nitrogen and oxygen atoms in total. The Hall–Kier alpha value is -2.17. The van der Waals surface area contributed by atoms with Crippen molar-refractivity contribution in [1.29, 1.82) is 0 Å². The van der Waals surface area contributed by atoms with Crippen LogP contribution >= 0.6 is 23.2 Å². The number of rotatable bonds is 2. The highest BCUT2D eigenvalue weighted by atomic mass is 35.5. The van der Waals surface area contributed by atoms with E-state index in [0.29, 0.717) is 34.1 Å². The average molecular weight is 415 g/mol. The van der Waals surface area contributed by atoms with E-state index in [4.69, 9.17) is 23.2 Å². The summed E-state index contributed by atoms with van der Waals surface area (Å²) in [4.78, 5) is 32.2. The molecule has 1 amide bonds. The minimum absolute atomic E-state index is 0.0618. The maximum absolute atomic E-state index is 13.2. The van der Waals surface area contributed by atoms with E-state index in [-0.39, 0.29) is 29.4 Å². The van der Waals surface area contributed by atoms with Crippen molar-refractivity contribution in [3.8, 4) is 0 Å². The number of aromatic nitrogens is 1. The fourth-order valence-electron chi connectivity index (χ4n) is 4.25. The molecule has 0 N–H and O–H groups in total. The molecule has 1 unspecified atom stereocenters. The Labute approximate surface area is 174 Å². The van der Waals surface area contributed by atoms with E-state index in [1.54, 1.807) is 35.5 Å². The maximum atomic E-state index is 13.2. The van der Waals surface area contributed by atoms with Gasteiger partial charge in [0.1, 0.15) is 0 Å². The molecule has 1 atom stereocenters. The molecule has 4 rings (SSSR count). The molecule has 0 radical (unpaired) electrons. The van der Waals surface area contributed by atoms with Crippen molar-refractivity contribution >= 4 is 40.6 Å². The second-order valence-corrected chi connectivity index (χ2v) is 9.01. The highest BCUT2D eigenvalue weighted by Crippen LogP contribution is 2.49. The number of amides is 1. The van der Waals surface area contributed by atoms with Crippen LogP contribution in [0.25, 0.3) is 0 Å². The lowest BCUT2D eigenvalue weighted by Crippen LogP contribution is -2.43. The number of hydrogen-bond donors (Lipinski definition) is 0. The summed E-state index contributed by atoms with van der Waals surface area (Å²) in [5, 5.41) is 1.00. The van der Waals surface area contributed by atoms with Gasteiger partial charge in [-0.2, -0.15) is 0 Å². The Morgan fingerprint density at radius 3 is 2.61 bits per heavy atom. The third kappa shape index (κ3) is 3.36. The number of allylic oxidation sites excluding steroid dienone is 2. The first-order chi connectivity index (χ1) is 13.3. The van der Waals surface area contributed by atoms with Crippen LogP contribution < -0.4 is 4.90 Å². The largest absolute Gasteiger partial charge is 0.294 e. The van der Waals surface area contributed by atoms with Gasteiger partial charge in [0.15, 0.2) is 5.78 Å². The zero-order valence-corrected chi connectivity index (χ0v) is 17.2. The summed E-state index contributed by atoms with van der Waals surface area (Å²) >= 11 is 12.5. The summed E-state index contributed by atoms with van der Waals surface area (Å²) in [6.07, 6.45) is 4.59. The van der Waals surface area contributed by atoms with Gasteiger partial charge in [-0.25, -0.2) is 0 Å². The van der Waals surface area contributed by atoms with Crippen LogP contribution in [0.4, 0.5) is 5.69 Å². The number of pyridine rings is 1. The predicted molar refractivity (Wildman–Crippen MR) is 111 cm³/mol. The number of nitrogens with zero attached hydrogens (tertiary/aromatic N) is 2. The molecule has 2 aliphatic rings. The van der Waals surface area contributed by atoms with Crippen LogP contribution in [0.5, 0.6) is 0 Å². The Kier molecular flexibility index (Phi) is 4.80. The molecule has 144 valence electrons. The van der Waals surface area contributed by atoms with E-state index in [1.807, 2.05) is 12.1 Å². The molecule has 0 fully saturated rings. The van der Waals surface area contributed by atoms with Crippen LogP contribution in [0.1, 0.15) is 44.6 Å². The monoisotopic (exact) mass is 414 g/mol. The van der Waals surface area contributed by atoms with Crippen LogP contribution in [0.3, 0.4) is 0 Å². The summed E-state index contributed by atoms with van der Waals surface area (Å²) < 4.78 is 0. The molecule has 0 saturated carbocycles. The first kappa shape index (κ1) is 19.2. The lowest BCUT2D eigenvalue weighted by molar-refractivity contribution is -0.121. The summed E-state index contributed by atoms with van der Waals surface area (Å²) in [6, 6.07) is 8.87. The number of halogens is 2. The van der Waals surface area contributed by atoms with Gasteiger partial charge in [0.25, 0.3) is 0 Å². The van der Waals surface area contributed by atoms with E-state index in [2.05, 4.69) is 18.8 Å². The summed E-state index contributed by atoms with van der Waals surface area (Å²) in [7, 11) is 0. The molecular formula is C22H20Cl2N2O2. The van der Waals surface area contributed by atoms with Gasteiger partial charge < -0.3 is 0 Å². The third-order valence-electron chi connectivity index (χ3n) is 5.38. The van der Waals surface area contributed by atoms with Crippen LogP contribution in [0.2, 0.25) is 10.0 Å². The van der Waals surface area contributed by atoms with Crippen LogP contribution in [-0.2, 0) is 9.59 Å². The summed E-state index contributed by atoms with van der Waals surface area (Å²) in [5.74, 6) is -0.347. The number of carbonyl (C=O) groups excluding carboxylic acids is 2. The number of Topliss-reactive ketones (excluding diaryl/α,β-unsaturated/α-hetero) is 1. The van der Waals surface area contributed by atoms with Gasteiger partial charge in [-0.05, 0) is 41.7 Å². The van der Waals surface area contributed by atoms with Gasteiger partial charge in [0.05, 0.1) is 11.9 Å². The van der Waals surface area contributed by atoms with Gasteiger partial charge in [-0.1, -0.05) is 43.1 Å². The zero-order chi connectivity index (χ0) is 20.1. The second-order valence-electron chi connectivity index (χ2n) is 8.16. The lowest BCUT2D eigenvalue weighted by atomic mass is 9.69. The van der Waals surface area contributed by atoms with E-state index in [1.165, 1.54) is 0 Å². The minimum atomic E-state index is -0.358. The fraction of sp³-hybridized carbons (Fsp3) is 0.318. The van der Waals surface area contributed by atoms with Crippen molar-refractivity contribution in [2.45, 2.75) is 39.0 Å². The molecular weight excluding hydrogens is 395 g/mol. The van der Waals surface area contributed by atoms with E-state index >= 15 is 0 Å². The SMILES string of the molecule is CC1(C)CC(=O)C2=C(C1)N(c1cccnc1)C(=O)CC2c1ccc(Cl)cc1Cl. The van der Waals surface area contributed by atoms with Crippen molar-refractivity contribution in [3.05, 3.63) is 69.6 Å². The Bertz CT molecular complexity index is 999. The molecule has 1 aromatic carbocycles. The smallest absolute Gasteiger partial charge is 0.232 e. The van der Waals surface area contributed by atoms with E-state index < -0.39 is 0 Å². The second kappa shape index (κ2) is 7.02. The molecule has 28 heavy (non-hydrogen) atoms. The lowest BCUT2D eigenvalue weighted by Gasteiger charge is -2.43. The third-order valence-corrected chi connectivity index (χ3v) is 5.95. The van der Waals surface area contributed by atoms with Crippen LogP contribution in [0, 0.1) is 5.41 Å². The molecule has 0 spiro atoms. The van der Waals surface area contributed by atoms with Crippen LogP contribution in [0.15, 0.2) is 54.0 Å². The van der Waals surface area contributed by atoms with Crippen molar-refractivity contribution in [3.63, 3.8) is 0 Å². The fourth-order valence-corrected chi connectivity index (χ4v) is 4.79. The van der Waals surface area contributed by atoms with Gasteiger partial charge in [-0.15, -0.1) is 0 Å². The first-order valence-electron chi connectivity index (χ1n) is 9.21. The van der Waals surface area contributed by atoms with Crippen molar-refractivity contribution in [2.75, 3.05) is 4.90 Å². The number of ketones is 1. The Morgan fingerprint density at radius 2 is 1.93 bits per heavy atom.